The van der Waals surface area contributed by atoms with Gasteiger partial charge >= 0.3 is 0 Å². The molecule has 1 unspecified atom stereocenters. The van der Waals surface area contributed by atoms with E-state index in [-0.39, 0.29) is 23.8 Å². The second kappa shape index (κ2) is 7.92. The Bertz CT molecular complexity index is 578. The molecular weight excluding hydrogens is 376 g/mol. The van der Waals surface area contributed by atoms with Crippen LogP contribution < -0.4 is 10.5 Å². The SMILES string of the molecule is Cc1cccc(S(=O)(=O)NC(C)(CN)CC(C)C)c1Br.Cl. The zero-order chi connectivity index (χ0) is 15.6. The van der Waals surface area contributed by atoms with Crippen molar-refractivity contribution in [3.8, 4) is 0 Å². The molecule has 0 aliphatic rings. The molecule has 0 fully saturated rings. The summed E-state index contributed by atoms with van der Waals surface area (Å²) in [6, 6.07) is 5.18. The van der Waals surface area contributed by atoms with Crippen molar-refractivity contribution in [2.24, 2.45) is 11.7 Å². The highest BCUT2D eigenvalue weighted by atomic mass is 79.9. The van der Waals surface area contributed by atoms with Crippen LogP contribution in [0.3, 0.4) is 0 Å². The molecule has 0 amide bonds. The molecule has 0 spiro atoms. The third kappa shape index (κ3) is 5.53. The highest BCUT2D eigenvalue weighted by molar-refractivity contribution is 9.10. The van der Waals surface area contributed by atoms with Crippen molar-refractivity contribution in [2.45, 2.75) is 44.6 Å². The first kappa shape index (κ1) is 20.9. The quantitative estimate of drug-likeness (QED) is 0.771. The summed E-state index contributed by atoms with van der Waals surface area (Å²) in [6.07, 6.45) is 0.687. The van der Waals surface area contributed by atoms with E-state index < -0.39 is 15.6 Å². The summed E-state index contributed by atoms with van der Waals surface area (Å²) >= 11 is 3.35. The molecule has 0 aliphatic heterocycles. The monoisotopic (exact) mass is 398 g/mol. The van der Waals surface area contributed by atoms with Crippen molar-refractivity contribution in [3.63, 3.8) is 0 Å². The molecule has 21 heavy (non-hydrogen) atoms. The van der Waals surface area contributed by atoms with E-state index in [4.69, 9.17) is 5.73 Å². The van der Waals surface area contributed by atoms with Gasteiger partial charge in [0.1, 0.15) is 0 Å². The average molecular weight is 400 g/mol. The molecule has 0 radical (unpaired) electrons. The zero-order valence-corrected chi connectivity index (χ0v) is 16.0. The summed E-state index contributed by atoms with van der Waals surface area (Å²) in [5, 5.41) is 0. The number of nitrogens with one attached hydrogen (secondary N) is 1. The Morgan fingerprint density at radius 1 is 1.38 bits per heavy atom. The standard InChI is InChI=1S/C14H23BrN2O2S.ClH/c1-10(2)8-14(4,9-16)17-20(18,19)12-7-5-6-11(3)13(12)15;/h5-7,10,17H,8-9,16H2,1-4H3;1H. The highest BCUT2D eigenvalue weighted by Crippen LogP contribution is 2.27. The fourth-order valence-electron chi connectivity index (χ4n) is 2.28. The number of nitrogens with two attached hydrogens (primary N) is 1. The van der Waals surface area contributed by atoms with Crippen molar-refractivity contribution >= 4 is 38.4 Å². The molecule has 0 saturated carbocycles. The first-order valence-electron chi connectivity index (χ1n) is 6.60. The number of rotatable bonds is 6. The number of aryl methyl sites for hydroxylation is 1. The number of benzene rings is 1. The van der Waals surface area contributed by atoms with Crippen LogP contribution in [0.5, 0.6) is 0 Å². The number of hydrogen-bond donors (Lipinski definition) is 2. The van der Waals surface area contributed by atoms with Crippen LogP contribution in [-0.4, -0.2) is 20.5 Å². The molecule has 0 aromatic heterocycles. The van der Waals surface area contributed by atoms with E-state index in [1.54, 1.807) is 12.1 Å². The third-order valence-corrected chi connectivity index (χ3v) is 6.13. The fourth-order valence-corrected chi connectivity index (χ4v) is 4.76. The van der Waals surface area contributed by atoms with Crippen molar-refractivity contribution < 1.29 is 8.42 Å². The lowest BCUT2D eigenvalue weighted by atomic mass is 9.92. The molecule has 0 bridgehead atoms. The van der Waals surface area contributed by atoms with E-state index in [1.165, 1.54) is 0 Å². The van der Waals surface area contributed by atoms with Crippen LogP contribution in [0, 0.1) is 12.8 Å². The van der Waals surface area contributed by atoms with Gasteiger partial charge in [-0.25, -0.2) is 13.1 Å². The summed E-state index contributed by atoms with van der Waals surface area (Å²) in [7, 11) is -3.61. The van der Waals surface area contributed by atoms with Crippen molar-refractivity contribution in [1.82, 2.24) is 4.72 Å². The number of hydrogen-bond acceptors (Lipinski definition) is 3. The van der Waals surface area contributed by atoms with Crippen molar-refractivity contribution in [3.05, 3.63) is 28.2 Å². The Morgan fingerprint density at radius 2 is 1.95 bits per heavy atom. The Hall–Kier alpha value is -0.140. The molecular formula is C14H24BrClN2O2S. The molecule has 0 saturated heterocycles. The Kier molecular flexibility index (Phi) is 7.87. The van der Waals surface area contributed by atoms with Crippen LogP contribution in [0.1, 0.15) is 32.8 Å². The van der Waals surface area contributed by atoms with Gasteiger partial charge in [-0.2, -0.15) is 0 Å². The van der Waals surface area contributed by atoms with Crippen LogP contribution in [0.25, 0.3) is 0 Å². The van der Waals surface area contributed by atoms with Crippen LogP contribution in [0.2, 0.25) is 0 Å². The maximum atomic E-state index is 12.6. The maximum Gasteiger partial charge on any atom is 0.242 e. The summed E-state index contributed by atoms with van der Waals surface area (Å²) in [5.41, 5.74) is 6.01. The zero-order valence-electron chi connectivity index (χ0n) is 12.8. The van der Waals surface area contributed by atoms with Crippen LogP contribution in [0.4, 0.5) is 0 Å². The molecule has 122 valence electrons. The summed E-state index contributed by atoms with van der Waals surface area (Å²) in [4.78, 5) is 0.251. The largest absolute Gasteiger partial charge is 0.329 e. The first-order valence-corrected chi connectivity index (χ1v) is 8.88. The van der Waals surface area contributed by atoms with E-state index in [9.17, 15) is 8.42 Å². The van der Waals surface area contributed by atoms with Crippen LogP contribution in [-0.2, 0) is 10.0 Å². The Morgan fingerprint density at radius 3 is 2.43 bits per heavy atom. The second-order valence-corrected chi connectivity index (χ2v) is 8.30. The first-order chi connectivity index (χ1) is 9.11. The van der Waals surface area contributed by atoms with Crippen molar-refractivity contribution in [1.29, 1.82) is 0 Å². The minimum Gasteiger partial charge on any atom is -0.329 e. The minimum absolute atomic E-state index is 0. The number of halogens is 2. The van der Waals surface area contributed by atoms with E-state index in [0.29, 0.717) is 16.8 Å². The minimum atomic E-state index is -3.61. The Balaban J connectivity index is 0.00000400. The van der Waals surface area contributed by atoms with Gasteiger partial charge in [0.2, 0.25) is 10.0 Å². The molecule has 0 aliphatic carbocycles. The van der Waals surface area contributed by atoms with E-state index in [1.807, 2.05) is 33.8 Å². The lowest BCUT2D eigenvalue weighted by molar-refractivity contribution is 0.344. The van der Waals surface area contributed by atoms with Gasteiger partial charge in [0.05, 0.1) is 4.90 Å². The molecule has 0 heterocycles. The van der Waals surface area contributed by atoms with Gasteiger partial charge < -0.3 is 5.73 Å². The van der Waals surface area contributed by atoms with Crippen LogP contribution in [0.15, 0.2) is 27.6 Å². The predicted molar refractivity (Wildman–Crippen MR) is 93.4 cm³/mol. The van der Waals surface area contributed by atoms with E-state index >= 15 is 0 Å². The summed E-state index contributed by atoms with van der Waals surface area (Å²) < 4.78 is 28.5. The van der Waals surface area contributed by atoms with E-state index in [2.05, 4.69) is 20.7 Å². The van der Waals surface area contributed by atoms with Gasteiger partial charge in [0, 0.05) is 16.6 Å². The normalized spacial score (nSPS) is 14.6. The Labute approximate surface area is 142 Å². The molecule has 4 nitrogen and oxygen atoms in total. The lowest BCUT2D eigenvalue weighted by Crippen LogP contribution is -2.52. The second-order valence-electron chi connectivity index (χ2n) is 5.86. The van der Waals surface area contributed by atoms with Gasteiger partial charge in [-0.15, -0.1) is 12.4 Å². The van der Waals surface area contributed by atoms with Crippen LogP contribution >= 0.6 is 28.3 Å². The average Bonchev–Trinajstić information content (AvgIpc) is 2.30. The van der Waals surface area contributed by atoms with Gasteiger partial charge in [-0.05, 0) is 53.7 Å². The molecule has 1 atom stereocenters. The lowest BCUT2D eigenvalue weighted by Gasteiger charge is -2.31. The summed E-state index contributed by atoms with van der Waals surface area (Å²) in [6.45, 7) is 8.05. The fraction of sp³-hybridized carbons (Fsp3) is 0.571. The maximum absolute atomic E-state index is 12.6. The molecule has 1 aromatic rings. The van der Waals surface area contributed by atoms with Gasteiger partial charge in [0.25, 0.3) is 0 Å². The predicted octanol–water partition coefficient (Wildman–Crippen LogP) is 3.22. The molecule has 1 rings (SSSR count). The van der Waals surface area contributed by atoms with Crippen molar-refractivity contribution in [2.75, 3.05) is 6.54 Å². The van der Waals surface area contributed by atoms with Gasteiger partial charge in [-0.3, -0.25) is 0 Å². The van der Waals surface area contributed by atoms with Gasteiger partial charge in [0.15, 0.2) is 0 Å². The summed E-state index contributed by atoms with van der Waals surface area (Å²) in [5.74, 6) is 0.354. The smallest absolute Gasteiger partial charge is 0.242 e. The highest BCUT2D eigenvalue weighted by Gasteiger charge is 2.31. The molecule has 7 heteroatoms. The topological polar surface area (TPSA) is 72.2 Å². The molecule has 3 N–H and O–H groups in total. The third-order valence-electron chi connectivity index (χ3n) is 3.14. The van der Waals surface area contributed by atoms with Gasteiger partial charge in [-0.1, -0.05) is 26.0 Å². The number of sulfonamides is 1. The molecule has 1 aromatic carbocycles. The van der Waals surface area contributed by atoms with E-state index in [0.717, 1.165) is 5.56 Å².